The molecule has 160 valence electrons. The van der Waals surface area contributed by atoms with E-state index in [0.29, 0.717) is 21.7 Å². The molecule has 0 saturated heterocycles. The normalized spacial score (nSPS) is 61.7. The number of fused-ring (bicyclic) bond motifs is 2. The number of hydrogen-bond acceptors (Lipinski definition) is 0. The van der Waals surface area contributed by atoms with E-state index in [-0.39, 0.29) is 0 Å². The summed E-state index contributed by atoms with van der Waals surface area (Å²) >= 11 is 0. The Balaban J connectivity index is 0.000000295. The van der Waals surface area contributed by atoms with E-state index in [4.69, 9.17) is 0 Å². The molecule has 10 atom stereocenters. The minimum atomic E-state index is 0.551. The van der Waals surface area contributed by atoms with Crippen LogP contribution in [0.5, 0.6) is 0 Å². The molecule has 6 aliphatic rings. The van der Waals surface area contributed by atoms with Crippen LogP contribution in [0.1, 0.15) is 110 Å². The van der Waals surface area contributed by atoms with Gasteiger partial charge < -0.3 is 0 Å². The number of hydrogen-bond donors (Lipinski definition) is 0. The summed E-state index contributed by atoms with van der Waals surface area (Å²) in [6.07, 6.45) is 1.60. The molecule has 0 aromatic heterocycles. The standard InChI is InChI=1S/C19H28.4C2H6/c1-9-11-8-12-13-10(2)15(5)14(3,4)17(7)16(9,6)18(11,12)19(13,15)17;4*1-2/h9-13H,8H2,1-7H3;4*1-2H3/t9-,10-,11+,12+,13-,15-,16-,17+,18+,19+;;;;/m1..../s1. The van der Waals surface area contributed by atoms with Gasteiger partial charge in [0, 0.05) is 0 Å². The summed E-state index contributed by atoms with van der Waals surface area (Å²) in [6, 6.07) is 0. The quantitative estimate of drug-likeness (QED) is 0.396. The smallest absolute Gasteiger partial charge is 0.00696 e. The monoisotopic (exact) mass is 376 g/mol. The van der Waals surface area contributed by atoms with Crippen molar-refractivity contribution in [2.75, 3.05) is 0 Å². The van der Waals surface area contributed by atoms with Gasteiger partial charge in [0.05, 0.1) is 0 Å². The maximum atomic E-state index is 2.71. The molecule has 6 fully saturated rings. The highest BCUT2D eigenvalue weighted by molar-refractivity contribution is 5.62. The van der Waals surface area contributed by atoms with E-state index in [1.54, 1.807) is 6.42 Å². The zero-order chi connectivity index (χ0) is 21.6. The van der Waals surface area contributed by atoms with Gasteiger partial charge in [-0.25, -0.2) is 0 Å². The Kier molecular flexibility index (Phi) is 5.18. The predicted octanol–water partition coefficient (Wildman–Crippen LogP) is 8.70. The van der Waals surface area contributed by atoms with Crippen molar-refractivity contribution in [2.24, 2.45) is 62.1 Å². The summed E-state index contributed by atoms with van der Waals surface area (Å²) in [5.41, 5.74) is 4.18. The molecule has 0 radical (unpaired) electrons. The Morgan fingerprint density at radius 3 is 1.48 bits per heavy atom. The second-order valence-corrected chi connectivity index (χ2v) is 10.4. The molecule has 0 bridgehead atoms. The molecule has 6 aliphatic carbocycles. The van der Waals surface area contributed by atoms with Crippen molar-refractivity contribution < 1.29 is 0 Å². The minimum absolute atomic E-state index is 0.551. The summed E-state index contributed by atoms with van der Waals surface area (Å²) in [7, 11) is 0. The summed E-state index contributed by atoms with van der Waals surface area (Å²) in [6.45, 7) is 34.5. The summed E-state index contributed by atoms with van der Waals surface area (Å²) in [4.78, 5) is 0. The van der Waals surface area contributed by atoms with Gasteiger partial charge in [-0.05, 0) is 68.5 Å². The molecule has 0 N–H and O–H groups in total. The molecule has 0 heterocycles. The highest BCUT2D eigenvalue weighted by Gasteiger charge is 3.17. The first-order valence-corrected chi connectivity index (χ1v) is 12.7. The second kappa shape index (κ2) is 6.01. The van der Waals surface area contributed by atoms with Crippen molar-refractivity contribution in [3.63, 3.8) is 0 Å². The van der Waals surface area contributed by atoms with Crippen molar-refractivity contribution >= 4 is 0 Å². The molecule has 27 heavy (non-hydrogen) atoms. The van der Waals surface area contributed by atoms with E-state index < -0.39 is 0 Å². The largest absolute Gasteiger partial charge is 0.0683 e. The Hall–Kier alpha value is 0. The Morgan fingerprint density at radius 2 is 1.04 bits per heavy atom. The summed E-state index contributed by atoms with van der Waals surface area (Å²) in [5.74, 6) is 5.38. The first-order chi connectivity index (χ1) is 12.7. The second-order valence-electron chi connectivity index (χ2n) is 10.4. The fourth-order valence-electron chi connectivity index (χ4n) is 12.0. The van der Waals surface area contributed by atoms with Crippen molar-refractivity contribution in [1.82, 2.24) is 0 Å². The van der Waals surface area contributed by atoms with Gasteiger partial charge in [-0.15, -0.1) is 0 Å². The van der Waals surface area contributed by atoms with Gasteiger partial charge in [0.1, 0.15) is 0 Å². The highest BCUT2D eigenvalue weighted by Crippen LogP contribution is 3.20. The van der Waals surface area contributed by atoms with Crippen molar-refractivity contribution in [1.29, 1.82) is 0 Å². The van der Waals surface area contributed by atoms with Crippen LogP contribution in [0.25, 0.3) is 0 Å². The van der Waals surface area contributed by atoms with Crippen LogP contribution in [0.15, 0.2) is 0 Å². The summed E-state index contributed by atoms with van der Waals surface area (Å²) in [5, 5.41) is 0. The van der Waals surface area contributed by atoms with Gasteiger partial charge in [0.15, 0.2) is 0 Å². The van der Waals surface area contributed by atoms with Crippen molar-refractivity contribution in [3.05, 3.63) is 0 Å². The lowest BCUT2D eigenvalue weighted by Gasteiger charge is -3.19. The maximum absolute atomic E-state index is 2.71. The lowest BCUT2D eigenvalue weighted by molar-refractivity contribution is -0.735. The average Bonchev–Trinajstić information content (AvgIpc) is 2.71. The van der Waals surface area contributed by atoms with E-state index in [1.807, 2.05) is 55.4 Å². The Bertz CT molecular complexity index is 589. The molecular weight excluding hydrogens is 324 g/mol. The van der Waals surface area contributed by atoms with Gasteiger partial charge in [0.2, 0.25) is 0 Å². The van der Waals surface area contributed by atoms with Gasteiger partial charge in [-0.2, -0.15) is 0 Å². The first kappa shape index (κ1) is 23.3. The topological polar surface area (TPSA) is 0 Å². The van der Waals surface area contributed by atoms with Crippen LogP contribution in [0.2, 0.25) is 0 Å². The van der Waals surface area contributed by atoms with Crippen LogP contribution >= 0.6 is 0 Å². The molecule has 0 amide bonds. The molecule has 0 aromatic carbocycles. The van der Waals surface area contributed by atoms with Crippen molar-refractivity contribution in [2.45, 2.75) is 110 Å². The lowest BCUT2D eigenvalue weighted by atomic mass is 8.84. The van der Waals surface area contributed by atoms with E-state index in [1.165, 1.54) is 0 Å². The molecule has 2 spiro atoms. The fourth-order valence-corrected chi connectivity index (χ4v) is 12.0. The lowest BCUT2D eigenvalue weighted by Crippen LogP contribution is -3.16. The third-order valence-corrected chi connectivity index (χ3v) is 12.3. The molecule has 6 rings (SSSR count). The molecule has 0 nitrogen and oxygen atoms in total. The van der Waals surface area contributed by atoms with Gasteiger partial charge in [0.25, 0.3) is 0 Å². The van der Waals surface area contributed by atoms with Crippen LogP contribution in [0.3, 0.4) is 0 Å². The average molecular weight is 377 g/mol. The third-order valence-electron chi connectivity index (χ3n) is 12.3. The van der Waals surface area contributed by atoms with E-state index >= 15 is 0 Å². The van der Waals surface area contributed by atoms with E-state index in [0.717, 1.165) is 40.4 Å². The molecule has 0 unspecified atom stereocenters. The molecular formula is C27H52. The molecule has 6 saturated carbocycles. The Labute approximate surface area is 172 Å². The highest BCUT2D eigenvalue weighted by atomic mass is 15.2. The van der Waals surface area contributed by atoms with Crippen LogP contribution in [-0.4, -0.2) is 0 Å². The molecule has 0 aromatic rings. The zero-order valence-corrected chi connectivity index (χ0v) is 21.6. The van der Waals surface area contributed by atoms with E-state index in [2.05, 4.69) is 48.5 Å². The number of rotatable bonds is 0. The van der Waals surface area contributed by atoms with Crippen molar-refractivity contribution in [3.8, 4) is 0 Å². The van der Waals surface area contributed by atoms with Crippen LogP contribution in [0, 0.1) is 62.1 Å². The zero-order valence-electron chi connectivity index (χ0n) is 21.6. The first-order valence-electron chi connectivity index (χ1n) is 12.7. The molecule has 0 heteroatoms. The SMILES string of the molecule is CC.CC.CC.CC.C[C@@H]1[C@@H]2C[C@H]3[C@H]4[C@@H](C)[C@]5(C)C(C)(C)[C@@]6(C)[C@]1(C)[C@@]32[C@]465. The van der Waals surface area contributed by atoms with E-state index in [9.17, 15) is 0 Å². The fraction of sp³-hybridized carbons (Fsp3) is 1.00. The Morgan fingerprint density at radius 1 is 0.593 bits per heavy atom. The maximum Gasteiger partial charge on any atom is -0.00696 e. The predicted molar refractivity (Wildman–Crippen MR) is 122 cm³/mol. The van der Waals surface area contributed by atoms with Gasteiger partial charge in [-0.1, -0.05) is 104 Å². The van der Waals surface area contributed by atoms with Gasteiger partial charge in [-0.3, -0.25) is 0 Å². The minimum Gasteiger partial charge on any atom is -0.0683 e. The summed E-state index contributed by atoms with van der Waals surface area (Å²) < 4.78 is 0. The van der Waals surface area contributed by atoms with Crippen LogP contribution in [0.4, 0.5) is 0 Å². The van der Waals surface area contributed by atoms with Gasteiger partial charge >= 0.3 is 0 Å². The third kappa shape index (κ3) is 1.26. The molecule has 0 aliphatic heterocycles. The van der Waals surface area contributed by atoms with Crippen LogP contribution in [-0.2, 0) is 0 Å². The van der Waals surface area contributed by atoms with Crippen LogP contribution < -0.4 is 0 Å².